The fraction of sp³-hybridized carbons (Fsp3) is 0.679. The highest BCUT2D eigenvalue weighted by Gasteiger charge is 2.26. The fourth-order valence-corrected chi connectivity index (χ4v) is 4.49. The van der Waals surface area contributed by atoms with Gasteiger partial charge in [-0.25, -0.2) is 4.79 Å². The quantitative estimate of drug-likeness (QED) is 0.169. The van der Waals surface area contributed by atoms with E-state index in [9.17, 15) is 4.79 Å². The molecule has 0 aliphatic heterocycles. The van der Waals surface area contributed by atoms with Crippen molar-refractivity contribution in [2.75, 3.05) is 20.3 Å². The molecule has 1 fully saturated rings. The number of carbonyl (C=O) groups excluding carboxylic acids is 1. The molecule has 1 unspecified atom stereocenters. The molecule has 0 spiro atoms. The van der Waals surface area contributed by atoms with E-state index >= 15 is 0 Å². The lowest BCUT2D eigenvalue weighted by molar-refractivity contribution is -0.137. The van der Waals surface area contributed by atoms with Crippen LogP contribution in [-0.2, 0) is 9.53 Å². The Morgan fingerprint density at radius 3 is 2.58 bits per heavy atom. The maximum Gasteiger partial charge on any atom is 0.330 e. The molecule has 1 aromatic rings. The number of aliphatic hydroxyl groups is 1. The number of benzene rings is 1. The molecule has 1 atom stereocenters. The van der Waals surface area contributed by atoms with Crippen LogP contribution in [0.5, 0.6) is 11.5 Å². The van der Waals surface area contributed by atoms with Crippen molar-refractivity contribution in [3.8, 4) is 11.5 Å². The maximum absolute atomic E-state index is 12.0. The predicted octanol–water partition coefficient (Wildman–Crippen LogP) is 6.71. The minimum absolute atomic E-state index is 0.218. The number of esters is 1. The molecule has 33 heavy (non-hydrogen) atoms. The number of hydrogen-bond donors (Lipinski definition) is 1. The summed E-state index contributed by atoms with van der Waals surface area (Å²) in [6, 6.07) is 5.83. The molecule has 0 heterocycles. The van der Waals surface area contributed by atoms with Gasteiger partial charge in [-0.15, -0.1) is 0 Å². The topological polar surface area (TPSA) is 65.0 Å². The molecular weight excluding hydrogens is 416 g/mol. The minimum Gasteiger partial charge on any atom is -0.493 e. The Hall–Kier alpha value is -2.01. The molecule has 0 radical (unpaired) electrons. The van der Waals surface area contributed by atoms with Crippen LogP contribution in [-0.4, -0.2) is 37.5 Å². The van der Waals surface area contributed by atoms with Gasteiger partial charge in [-0.05, 0) is 74.6 Å². The number of ether oxygens (including phenoxy) is 3. The highest BCUT2D eigenvalue weighted by atomic mass is 16.5. The Kier molecular flexibility index (Phi) is 13.7. The summed E-state index contributed by atoms with van der Waals surface area (Å²) in [7, 11) is 1.66. The van der Waals surface area contributed by atoms with Crippen LogP contribution in [0.1, 0.15) is 96.0 Å². The Labute approximate surface area is 200 Å². The zero-order valence-electron chi connectivity index (χ0n) is 20.7. The van der Waals surface area contributed by atoms with Crippen LogP contribution >= 0.6 is 0 Å². The van der Waals surface area contributed by atoms with E-state index in [-0.39, 0.29) is 18.7 Å². The number of rotatable bonds is 16. The standard InChI is InChI=1S/C28H44O5/c1-3-4-8-15-25(24-13-9-7-10-14-24)33-26-18-16-23(22-27(26)31-2)17-19-28(30)32-21-12-6-5-11-20-29/h16-19,22,24-25,29H,3-15,20-21H2,1-2H3/b19-17+. The van der Waals surface area contributed by atoms with Gasteiger partial charge < -0.3 is 19.3 Å². The van der Waals surface area contributed by atoms with Crippen molar-refractivity contribution in [2.45, 2.75) is 96.5 Å². The summed E-state index contributed by atoms with van der Waals surface area (Å²) >= 11 is 0. The Morgan fingerprint density at radius 2 is 1.85 bits per heavy atom. The molecule has 2 rings (SSSR count). The van der Waals surface area contributed by atoms with Gasteiger partial charge in [0.2, 0.25) is 0 Å². The van der Waals surface area contributed by atoms with Gasteiger partial charge in [0.1, 0.15) is 6.10 Å². The van der Waals surface area contributed by atoms with E-state index in [2.05, 4.69) is 6.92 Å². The maximum atomic E-state index is 12.0. The van der Waals surface area contributed by atoms with Gasteiger partial charge >= 0.3 is 5.97 Å². The van der Waals surface area contributed by atoms with Crippen LogP contribution in [0.15, 0.2) is 24.3 Å². The van der Waals surface area contributed by atoms with Crippen LogP contribution < -0.4 is 9.47 Å². The summed E-state index contributed by atoms with van der Waals surface area (Å²) in [6.45, 7) is 2.86. The fourth-order valence-electron chi connectivity index (χ4n) is 4.49. The number of carbonyl (C=O) groups is 1. The van der Waals surface area contributed by atoms with E-state index in [0.29, 0.717) is 18.3 Å². The third kappa shape index (κ3) is 10.6. The molecule has 1 N–H and O–H groups in total. The lowest BCUT2D eigenvalue weighted by Gasteiger charge is -2.31. The minimum atomic E-state index is -0.343. The third-order valence-electron chi connectivity index (χ3n) is 6.44. The van der Waals surface area contributed by atoms with Crippen LogP contribution in [0, 0.1) is 5.92 Å². The van der Waals surface area contributed by atoms with Gasteiger partial charge in [-0.1, -0.05) is 51.5 Å². The molecule has 1 aliphatic carbocycles. The van der Waals surface area contributed by atoms with E-state index < -0.39 is 0 Å². The molecule has 186 valence electrons. The van der Waals surface area contributed by atoms with Crippen LogP contribution in [0.25, 0.3) is 6.08 Å². The van der Waals surface area contributed by atoms with Gasteiger partial charge in [0.05, 0.1) is 13.7 Å². The molecule has 1 saturated carbocycles. The van der Waals surface area contributed by atoms with Crippen molar-refractivity contribution in [2.24, 2.45) is 5.92 Å². The van der Waals surface area contributed by atoms with E-state index in [1.54, 1.807) is 13.2 Å². The molecule has 0 aromatic heterocycles. The van der Waals surface area contributed by atoms with E-state index in [4.69, 9.17) is 19.3 Å². The molecule has 5 nitrogen and oxygen atoms in total. The van der Waals surface area contributed by atoms with Crippen LogP contribution in [0.3, 0.4) is 0 Å². The summed E-state index contributed by atoms with van der Waals surface area (Å²) in [4.78, 5) is 12.0. The second-order valence-corrected chi connectivity index (χ2v) is 9.10. The number of aliphatic hydroxyl groups excluding tert-OH is 1. The molecule has 0 bridgehead atoms. The summed E-state index contributed by atoms with van der Waals surface area (Å²) < 4.78 is 17.4. The average molecular weight is 461 g/mol. The summed E-state index contributed by atoms with van der Waals surface area (Å²) in [5, 5.41) is 8.78. The van der Waals surface area contributed by atoms with Gasteiger partial charge in [-0.2, -0.15) is 0 Å². The largest absolute Gasteiger partial charge is 0.493 e. The summed E-state index contributed by atoms with van der Waals surface area (Å²) in [5.41, 5.74) is 0.874. The van der Waals surface area contributed by atoms with Crippen molar-refractivity contribution in [3.63, 3.8) is 0 Å². The molecule has 1 aromatic carbocycles. The monoisotopic (exact) mass is 460 g/mol. The van der Waals surface area contributed by atoms with Crippen molar-refractivity contribution in [1.29, 1.82) is 0 Å². The predicted molar refractivity (Wildman–Crippen MR) is 134 cm³/mol. The third-order valence-corrected chi connectivity index (χ3v) is 6.44. The van der Waals surface area contributed by atoms with Crippen LogP contribution in [0.4, 0.5) is 0 Å². The first-order valence-corrected chi connectivity index (χ1v) is 13.0. The van der Waals surface area contributed by atoms with Gasteiger partial charge in [0.15, 0.2) is 11.5 Å². The average Bonchev–Trinajstić information content (AvgIpc) is 2.85. The Bertz CT molecular complexity index is 694. The van der Waals surface area contributed by atoms with Crippen molar-refractivity contribution >= 4 is 12.0 Å². The lowest BCUT2D eigenvalue weighted by Crippen LogP contribution is -2.29. The first kappa shape index (κ1) is 27.2. The molecule has 1 aliphatic rings. The summed E-state index contributed by atoms with van der Waals surface area (Å²) in [6.07, 6.45) is 18.2. The van der Waals surface area contributed by atoms with Crippen molar-refractivity contribution in [3.05, 3.63) is 29.8 Å². The number of methoxy groups -OCH3 is 1. The highest BCUT2D eigenvalue weighted by molar-refractivity contribution is 5.87. The van der Waals surface area contributed by atoms with Crippen LogP contribution in [0.2, 0.25) is 0 Å². The van der Waals surface area contributed by atoms with Gasteiger partial charge in [-0.3, -0.25) is 0 Å². The number of hydrogen-bond acceptors (Lipinski definition) is 5. The number of unbranched alkanes of at least 4 members (excludes halogenated alkanes) is 5. The SMILES string of the molecule is CCCCCC(Oc1ccc(/C=C/C(=O)OCCCCCCO)cc1OC)C1CCCCC1. The van der Waals surface area contributed by atoms with Gasteiger partial charge in [0, 0.05) is 12.7 Å². The Morgan fingerprint density at radius 1 is 1.06 bits per heavy atom. The van der Waals surface area contributed by atoms with E-state index in [1.165, 1.54) is 57.4 Å². The molecule has 0 saturated heterocycles. The van der Waals surface area contributed by atoms with Crippen molar-refractivity contribution < 1.29 is 24.1 Å². The van der Waals surface area contributed by atoms with Gasteiger partial charge in [0.25, 0.3) is 0 Å². The molecule has 0 amide bonds. The second-order valence-electron chi connectivity index (χ2n) is 9.10. The second kappa shape index (κ2) is 16.6. The molecular formula is C28H44O5. The summed E-state index contributed by atoms with van der Waals surface area (Å²) in [5.74, 6) is 1.76. The molecule has 5 heteroatoms. The smallest absolute Gasteiger partial charge is 0.330 e. The first-order valence-electron chi connectivity index (χ1n) is 13.0. The lowest BCUT2D eigenvalue weighted by atomic mass is 9.83. The normalized spacial score (nSPS) is 15.5. The Balaban J connectivity index is 1.93. The highest BCUT2D eigenvalue weighted by Crippen LogP contribution is 2.35. The van der Waals surface area contributed by atoms with Crippen molar-refractivity contribution in [1.82, 2.24) is 0 Å². The van der Waals surface area contributed by atoms with E-state index in [0.717, 1.165) is 43.4 Å². The zero-order valence-corrected chi connectivity index (χ0v) is 20.7. The van der Waals surface area contributed by atoms with E-state index in [1.807, 2.05) is 18.2 Å². The first-order chi connectivity index (χ1) is 16.2. The zero-order chi connectivity index (χ0) is 23.7.